The van der Waals surface area contributed by atoms with Crippen LogP contribution in [-0.4, -0.2) is 23.0 Å². The van der Waals surface area contributed by atoms with Gasteiger partial charge in [-0.25, -0.2) is 9.97 Å². The Hall–Kier alpha value is -1.16. The van der Waals surface area contributed by atoms with E-state index in [0.717, 1.165) is 11.2 Å². The first-order valence-electron chi connectivity index (χ1n) is 7.63. The Morgan fingerprint density at radius 2 is 1.55 bits per heavy atom. The van der Waals surface area contributed by atoms with Crippen LogP contribution in [0.4, 0.5) is 0 Å². The van der Waals surface area contributed by atoms with E-state index in [2.05, 4.69) is 64.5 Å². The second-order valence-corrected chi connectivity index (χ2v) is 12.7. The molecule has 4 heteroatoms. The van der Waals surface area contributed by atoms with E-state index in [-0.39, 0.29) is 0 Å². The molecule has 0 spiro atoms. The Labute approximate surface area is 123 Å². The van der Waals surface area contributed by atoms with Gasteiger partial charge in [-0.05, 0) is 35.2 Å². The Bertz CT molecular complexity index is 577. The van der Waals surface area contributed by atoms with Crippen molar-refractivity contribution in [1.82, 2.24) is 15.0 Å². The first kappa shape index (κ1) is 15.2. The lowest BCUT2D eigenvalue weighted by molar-refractivity contribution is 0.828. The minimum Gasteiger partial charge on any atom is -0.345 e. The van der Waals surface area contributed by atoms with Crippen LogP contribution in [0.25, 0.3) is 11.2 Å². The molecule has 0 unspecified atom stereocenters. The van der Waals surface area contributed by atoms with Crippen molar-refractivity contribution < 1.29 is 0 Å². The minimum absolute atomic E-state index is 0.657. The fraction of sp³-hybridized carbons (Fsp3) is 0.625. The van der Waals surface area contributed by atoms with Gasteiger partial charge in [0.25, 0.3) is 0 Å². The second-order valence-electron chi connectivity index (χ2n) is 6.87. The zero-order chi connectivity index (χ0) is 15.1. The Morgan fingerprint density at radius 1 is 1.00 bits per heavy atom. The van der Waals surface area contributed by atoms with Gasteiger partial charge < -0.3 is 4.98 Å². The highest BCUT2D eigenvalue weighted by Crippen LogP contribution is 2.40. The number of fused-ring (bicyclic) bond motifs is 1. The molecule has 3 nitrogen and oxygen atoms in total. The van der Waals surface area contributed by atoms with Gasteiger partial charge in [-0.2, -0.15) is 0 Å². The molecule has 2 aromatic rings. The number of hydrogen-bond donors (Lipinski definition) is 1. The van der Waals surface area contributed by atoms with Gasteiger partial charge in [-0.1, -0.05) is 41.5 Å². The van der Waals surface area contributed by atoms with Gasteiger partial charge in [-0.15, -0.1) is 0 Å². The van der Waals surface area contributed by atoms with Crippen LogP contribution in [0, 0.1) is 6.92 Å². The first-order valence-corrected chi connectivity index (χ1v) is 9.86. The molecule has 0 aliphatic heterocycles. The molecule has 0 saturated heterocycles. The van der Waals surface area contributed by atoms with Crippen molar-refractivity contribution in [3.05, 3.63) is 17.8 Å². The third-order valence-corrected chi connectivity index (χ3v) is 11.5. The second kappa shape index (κ2) is 5.32. The van der Waals surface area contributed by atoms with Gasteiger partial charge in [0.05, 0.1) is 11.0 Å². The number of hydrogen-bond acceptors (Lipinski definition) is 2. The molecule has 2 aromatic heterocycles. The van der Waals surface area contributed by atoms with Gasteiger partial charge in [0, 0.05) is 6.20 Å². The van der Waals surface area contributed by atoms with Crippen LogP contribution in [0.5, 0.6) is 0 Å². The Balaban J connectivity index is 2.68. The van der Waals surface area contributed by atoms with Gasteiger partial charge >= 0.3 is 0 Å². The smallest absolute Gasteiger partial charge is 0.177 e. The average Bonchev–Trinajstić information content (AvgIpc) is 2.70. The maximum absolute atomic E-state index is 4.89. The number of aryl methyl sites for hydroxylation is 1. The van der Waals surface area contributed by atoms with Crippen molar-refractivity contribution in [3.63, 3.8) is 0 Å². The van der Waals surface area contributed by atoms with E-state index in [1.165, 1.54) is 11.0 Å². The molecule has 0 saturated carbocycles. The minimum atomic E-state index is -1.71. The molecule has 0 aromatic carbocycles. The molecule has 0 aliphatic rings. The molecule has 1 N–H and O–H groups in total. The van der Waals surface area contributed by atoms with E-state index in [0.29, 0.717) is 16.6 Å². The number of nitrogens with one attached hydrogen (secondary N) is 1. The van der Waals surface area contributed by atoms with Crippen LogP contribution in [0.3, 0.4) is 0 Å². The maximum atomic E-state index is 4.89. The molecule has 20 heavy (non-hydrogen) atoms. The Kier molecular flexibility index (Phi) is 4.05. The molecule has 0 amide bonds. The number of aromatic nitrogens is 3. The summed E-state index contributed by atoms with van der Waals surface area (Å²) in [5.74, 6) is 0. The number of imidazole rings is 1. The normalized spacial score (nSPS) is 13.1. The van der Waals surface area contributed by atoms with Crippen LogP contribution in [0.15, 0.2) is 12.3 Å². The van der Waals surface area contributed by atoms with Crippen molar-refractivity contribution >= 4 is 24.7 Å². The van der Waals surface area contributed by atoms with E-state index < -0.39 is 8.07 Å². The molecule has 2 rings (SSSR count). The number of aromatic amines is 1. The van der Waals surface area contributed by atoms with E-state index in [4.69, 9.17) is 4.98 Å². The number of nitrogens with zero attached hydrogens (tertiary/aromatic N) is 2. The summed E-state index contributed by atoms with van der Waals surface area (Å²) >= 11 is 0. The van der Waals surface area contributed by atoms with Gasteiger partial charge in [0.1, 0.15) is 8.07 Å². The van der Waals surface area contributed by atoms with Crippen LogP contribution < -0.4 is 5.45 Å². The van der Waals surface area contributed by atoms with Crippen molar-refractivity contribution in [2.75, 3.05) is 0 Å². The van der Waals surface area contributed by atoms with Gasteiger partial charge in [0.15, 0.2) is 5.65 Å². The third-order valence-electron chi connectivity index (χ3n) is 4.75. The monoisotopic (exact) mass is 289 g/mol. The van der Waals surface area contributed by atoms with Crippen molar-refractivity contribution in [2.24, 2.45) is 0 Å². The summed E-state index contributed by atoms with van der Waals surface area (Å²) in [5.41, 5.74) is 6.32. The quantitative estimate of drug-likeness (QED) is 0.859. The number of H-pyrrole nitrogens is 1. The van der Waals surface area contributed by atoms with Crippen molar-refractivity contribution in [1.29, 1.82) is 0 Å². The lowest BCUT2D eigenvalue weighted by Crippen LogP contribution is -2.57. The van der Waals surface area contributed by atoms with Gasteiger partial charge in [-0.3, -0.25) is 0 Å². The van der Waals surface area contributed by atoms with Crippen LogP contribution >= 0.6 is 0 Å². The molecule has 0 radical (unpaired) electrons. The van der Waals surface area contributed by atoms with Crippen LogP contribution in [0.2, 0.25) is 16.6 Å². The summed E-state index contributed by atoms with van der Waals surface area (Å²) in [5, 5.41) is 0. The lowest BCUT2D eigenvalue weighted by Gasteiger charge is -2.41. The fourth-order valence-corrected chi connectivity index (χ4v) is 10.3. The van der Waals surface area contributed by atoms with Crippen LogP contribution in [-0.2, 0) is 0 Å². The highest BCUT2D eigenvalue weighted by molar-refractivity contribution is 6.94. The first-order chi connectivity index (χ1) is 9.30. The number of rotatable bonds is 4. The average molecular weight is 289 g/mol. The number of pyridine rings is 1. The summed E-state index contributed by atoms with van der Waals surface area (Å²) in [4.78, 5) is 13.0. The van der Waals surface area contributed by atoms with E-state index in [1.54, 1.807) is 0 Å². The summed E-state index contributed by atoms with van der Waals surface area (Å²) in [7, 11) is -1.71. The molecule has 0 bridgehead atoms. The summed E-state index contributed by atoms with van der Waals surface area (Å²) < 4.78 is 0. The predicted octanol–water partition coefficient (Wildman–Crippen LogP) is 4.15. The van der Waals surface area contributed by atoms with Crippen LogP contribution in [0.1, 0.15) is 47.1 Å². The zero-order valence-electron chi connectivity index (χ0n) is 13.8. The molecule has 110 valence electrons. The summed E-state index contributed by atoms with van der Waals surface area (Å²) in [6, 6.07) is 2.15. The Morgan fingerprint density at radius 3 is 2.05 bits per heavy atom. The molecular weight excluding hydrogens is 262 g/mol. The third kappa shape index (κ3) is 2.20. The standard InChI is InChI=1S/C16H27N3Si/c1-10(2)20(11(3)4,12(5)6)16-18-14-8-13(7)9-17-15(14)19-16/h8-12H,1-7H3,(H,17,18,19). The predicted molar refractivity (Wildman–Crippen MR) is 89.3 cm³/mol. The highest BCUT2D eigenvalue weighted by Gasteiger charge is 2.47. The molecule has 0 aliphatic carbocycles. The SMILES string of the molecule is Cc1cnc2nc([Si](C(C)C)(C(C)C)C(C)C)[nH]c2c1. The van der Waals surface area contributed by atoms with Gasteiger partial charge in [0.2, 0.25) is 0 Å². The maximum Gasteiger partial charge on any atom is 0.177 e. The van der Waals surface area contributed by atoms with Crippen molar-refractivity contribution in [2.45, 2.75) is 65.1 Å². The zero-order valence-corrected chi connectivity index (χ0v) is 14.8. The van der Waals surface area contributed by atoms with E-state index in [1.807, 2.05) is 6.20 Å². The fourth-order valence-electron chi connectivity index (χ4n) is 4.03. The summed E-state index contributed by atoms with van der Waals surface area (Å²) in [6.45, 7) is 16.2. The molecule has 0 atom stereocenters. The van der Waals surface area contributed by atoms with E-state index >= 15 is 0 Å². The summed E-state index contributed by atoms with van der Waals surface area (Å²) in [6.07, 6.45) is 1.90. The molecule has 0 fully saturated rings. The molecule has 2 heterocycles. The molecular formula is C16H27N3Si. The topological polar surface area (TPSA) is 41.6 Å². The highest BCUT2D eigenvalue weighted by atomic mass is 28.3. The largest absolute Gasteiger partial charge is 0.345 e. The van der Waals surface area contributed by atoms with E-state index in [9.17, 15) is 0 Å². The lowest BCUT2D eigenvalue weighted by atomic mass is 10.3. The van der Waals surface area contributed by atoms with Crippen molar-refractivity contribution in [3.8, 4) is 0 Å².